The summed E-state index contributed by atoms with van der Waals surface area (Å²) in [5, 5.41) is 3.13. The van der Waals surface area contributed by atoms with E-state index in [2.05, 4.69) is 5.32 Å². The summed E-state index contributed by atoms with van der Waals surface area (Å²) in [6, 6.07) is 16.4. The molecule has 0 spiro atoms. The quantitative estimate of drug-likeness (QED) is 0.625. The zero-order valence-electron chi connectivity index (χ0n) is 16.5. The van der Waals surface area contributed by atoms with Crippen LogP contribution in [0.3, 0.4) is 0 Å². The average molecular weight is 420 g/mol. The highest BCUT2D eigenvalue weighted by Gasteiger charge is 2.43. The lowest BCUT2D eigenvalue weighted by Gasteiger charge is -2.32. The maximum absolute atomic E-state index is 13.1. The van der Waals surface area contributed by atoms with E-state index in [1.165, 1.54) is 11.3 Å². The van der Waals surface area contributed by atoms with E-state index in [4.69, 9.17) is 10.5 Å². The van der Waals surface area contributed by atoms with E-state index in [1.54, 1.807) is 25.1 Å². The van der Waals surface area contributed by atoms with Gasteiger partial charge in [0, 0.05) is 16.9 Å². The van der Waals surface area contributed by atoms with Crippen molar-refractivity contribution in [2.24, 2.45) is 5.73 Å². The molecule has 3 N–H and O–H groups in total. The average Bonchev–Trinajstić information content (AvgIpc) is 3.04. The zero-order valence-corrected chi connectivity index (χ0v) is 17.3. The van der Waals surface area contributed by atoms with Gasteiger partial charge in [0.25, 0.3) is 11.8 Å². The van der Waals surface area contributed by atoms with Crippen LogP contribution in [-0.2, 0) is 16.0 Å². The molecule has 3 aromatic rings. The van der Waals surface area contributed by atoms with Crippen molar-refractivity contribution in [3.63, 3.8) is 0 Å². The van der Waals surface area contributed by atoms with Crippen LogP contribution < -0.4 is 11.1 Å². The summed E-state index contributed by atoms with van der Waals surface area (Å²) in [6.45, 7) is 3.44. The third-order valence-electron chi connectivity index (χ3n) is 5.18. The number of benzene rings is 2. The first-order valence-electron chi connectivity index (χ1n) is 9.41. The molecule has 0 saturated carbocycles. The van der Waals surface area contributed by atoms with Gasteiger partial charge in [0.15, 0.2) is 5.60 Å². The Bertz CT molecular complexity index is 1170. The van der Waals surface area contributed by atoms with Crippen molar-refractivity contribution in [1.82, 2.24) is 0 Å². The molecule has 2 aromatic carbocycles. The maximum Gasteiger partial charge on any atom is 0.339 e. The molecule has 4 rings (SSSR count). The molecule has 1 aliphatic heterocycles. The number of cyclic esters (lactones) is 1. The molecule has 1 unspecified atom stereocenters. The molecule has 30 heavy (non-hydrogen) atoms. The molecule has 1 aromatic heterocycles. The molecule has 0 fully saturated rings. The van der Waals surface area contributed by atoms with Crippen LogP contribution in [0.5, 0.6) is 0 Å². The number of aryl methyl sites for hydroxylation is 1. The molecule has 2 heterocycles. The summed E-state index contributed by atoms with van der Waals surface area (Å²) in [6.07, 6.45) is 0.239. The Hall–Kier alpha value is -3.45. The lowest BCUT2D eigenvalue weighted by Crippen LogP contribution is -2.49. The second-order valence-corrected chi connectivity index (χ2v) is 8.60. The monoisotopic (exact) mass is 420 g/mol. The first-order chi connectivity index (χ1) is 14.3. The van der Waals surface area contributed by atoms with Crippen molar-refractivity contribution in [2.45, 2.75) is 25.9 Å². The van der Waals surface area contributed by atoms with E-state index in [1.807, 2.05) is 43.3 Å². The second kappa shape index (κ2) is 7.42. The molecule has 2 amide bonds. The number of anilines is 1. The minimum atomic E-state index is -1.40. The van der Waals surface area contributed by atoms with E-state index in [9.17, 15) is 14.4 Å². The number of hydrogen-bond acceptors (Lipinski definition) is 5. The van der Waals surface area contributed by atoms with Gasteiger partial charge < -0.3 is 15.8 Å². The summed E-state index contributed by atoms with van der Waals surface area (Å²) in [7, 11) is 0. The fraction of sp³-hybridized carbons (Fsp3) is 0.174. The molecule has 0 saturated heterocycles. The smallest absolute Gasteiger partial charge is 0.339 e. The first-order valence-corrected chi connectivity index (χ1v) is 10.2. The van der Waals surface area contributed by atoms with Crippen LogP contribution in [0.4, 0.5) is 5.00 Å². The number of rotatable bonds is 4. The van der Waals surface area contributed by atoms with E-state index in [0.717, 1.165) is 16.0 Å². The van der Waals surface area contributed by atoms with Gasteiger partial charge in [-0.15, -0.1) is 11.3 Å². The van der Waals surface area contributed by atoms with Crippen LogP contribution in [0, 0.1) is 6.92 Å². The number of carbonyl (C=O) groups is 3. The number of nitrogens with one attached hydrogen (secondary N) is 1. The lowest BCUT2D eigenvalue weighted by molar-refractivity contribution is -0.134. The van der Waals surface area contributed by atoms with Gasteiger partial charge in [-0.1, -0.05) is 48.5 Å². The highest BCUT2D eigenvalue weighted by Crippen LogP contribution is 2.40. The van der Waals surface area contributed by atoms with Crippen molar-refractivity contribution < 1.29 is 19.1 Å². The third kappa shape index (κ3) is 3.37. The summed E-state index contributed by atoms with van der Waals surface area (Å²) in [5.74, 6) is -1.68. The van der Waals surface area contributed by atoms with Gasteiger partial charge in [-0.3, -0.25) is 9.59 Å². The van der Waals surface area contributed by atoms with Crippen molar-refractivity contribution in [1.29, 1.82) is 0 Å². The molecule has 0 bridgehead atoms. The van der Waals surface area contributed by atoms with Crippen LogP contribution in [0.2, 0.25) is 0 Å². The molecular weight excluding hydrogens is 400 g/mol. The molecule has 6 nitrogen and oxygen atoms in total. The standard InChI is InChI=1S/C23H20N2O4S/c1-13-17(14-8-4-3-5-9-14)18(19(24)26)20(30-13)25-22(28)23(2)12-15-10-6-7-11-16(15)21(27)29-23/h3-11H,12H2,1-2H3,(H2,24,26)(H,25,28). The van der Waals surface area contributed by atoms with Gasteiger partial charge >= 0.3 is 5.97 Å². The van der Waals surface area contributed by atoms with Crippen molar-refractivity contribution in [2.75, 3.05) is 5.32 Å². The Morgan fingerprint density at radius 3 is 2.47 bits per heavy atom. The Morgan fingerprint density at radius 2 is 1.77 bits per heavy atom. The van der Waals surface area contributed by atoms with Gasteiger partial charge in [-0.2, -0.15) is 0 Å². The highest BCUT2D eigenvalue weighted by atomic mass is 32.1. The van der Waals surface area contributed by atoms with Crippen LogP contribution in [-0.4, -0.2) is 23.4 Å². The van der Waals surface area contributed by atoms with Crippen LogP contribution >= 0.6 is 11.3 Å². The number of esters is 1. The largest absolute Gasteiger partial charge is 0.445 e. The third-order valence-corrected chi connectivity index (χ3v) is 6.20. The predicted molar refractivity (Wildman–Crippen MR) is 116 cm³/mol. The number of amides is 2. The fourth-order valence-corrected chi connectivity index (χ4v) is 4.79. The fourth-order valence-electron chi connectivity index (χ4n) is 3.71. The Morgan fingerprint density at radius 1 is 1.10 bits per heavy atom. The van der Waals surface area contributed by atoms with E-state index < -0.39 is 23.4 Å². The summed E-state index contributed by atoms with van der Waals surface area (Å²) in [5.41, 5.74) is 7.26. The minimum absolute atomic E-state index is 0.239. The SMILES string of the molecule is Cc1sc(NC(=O)C2(C)Cc3ccccc3C(=O)O2)c(C(N)=O)c1-c1ccccc1. The van der Waals surface area contributed by atoms with Crippen LogP contribution in [0.1, 0.15) is 38.1 Å². The Labute approximate surface area is 177 Å². The number of carbonyl (C=O) groups excluding carboxylic acids is 3. The molecule has 152 valence electrons. The summed E-state index contributed by atoms with van der Waals surface area (Å²) < 4.78 is 5.49. The van der Waals surface area contributed by atoms with Crippen LogP contribution in [0.25, 0.3) is 11.1 Å². The molecule has 1 aliphatic rings. The lowest BCUT2D eigenvalue weighted by atomic mass is 9.89. The van der Waals surface area contributed by atoms with Crippen molar-refractivity contribution >= 4 is 34.1 Å². The highest BCUT2D eigenvalue weighted by molar-refractivity contribution is 7.17. The van der Waals surface area contributed by atoms with Gasteiger partial charge in [0.05, 0.1) is 11.1 Å². The van der Waals surface area contributed by atoms with Gasteiger partial charge in [-0.05, 0) is 31.0 Å². The van der Waals surface area contributed by atoms with Gasteiger partial charge in [0.1, 0.15) is 5.00 Å². The zero-order chi connectivity index (χ0) is 21.5. The van der Waals surface area contributed by atoms with E-state index in [-0.39, 0.29) is 12.0 Å². The number of nitrogens with two attached hydrogens (primary N) is 1. The summed E-state index contributed by atoms with van der Waals surface area (Å²) in [4.78, 5) is 38.7. The van der Waals surface area contributed by atoms with Crippen molar-refractivity contribution in [3.8, 4) is 11.1 Å². The molecule has 0 aliphatic carbocycles. The molecule has 7 heteroatoms. The van der Waals surface area contributed by atoms with E-state index in [0.29, 0.717) is 16.1 Å². The molecule has 1 atom stereocenters. The Kier molecular flexibility index (Phi) is 4.91. The van der Waals surface area contributed by atoms with Crippen molar-refractivity contribution in [3.05, 3.63) is 76.2 Å². The predicted octanol–water partition coefficient (Wildman–Crippen LogP) is 3.93. The minimum Gasteiger partial charge on any atom is -0.445 e. The van der Waals surface area contributed by atoms with Crippen LogP contribution in [0.15, 0.2) is 54.6 Å². The molecular formula is C23H20N2O4S. The number of thiophene rings is 1. The Balaban J connectivity index is 1.69. The van der Waals surface area contributed by atoms with Gasteiger partial charge in [0.2, 0.25) is 0 Å². The number of fused-ring (bicyclic) bond motifs is 1. The number of ether oxygens (including phenoxy) is 1. The second-order valence-electron chi connectivity index (χ2n) is 7.38. The first kappa shape index (κ1) is 19.8. The molecule has 0 radical (unpaired) electrons. The topological polar surface area (TPSA) is 98.5 Å². The van der Waals surface area contributed by atoms with Gasteiger partial charge in [-0.25, -0.2) is 4.79 Å². The number of hydrogen-bond donors (Lipinski definition) is 2. The normalized spacial score (nSPS) is 17.7. The maximum atomic E-state index is 13.1. The van der Waals surface area contributed by atoms with E-state index >= 15 is 0 Å². The summed E-state index contributed by atoms with van der Waals surface area (Å²) >= 11 is 1.27. The number of primary amides is 1.